The minimum atomic E-state index is -1.46. The number of hydrogen-bond donors (Lipinski definition) is 1. The third-order valence-corrected chi connectivity index (χ3v) is 1.76. The van der Waals surface area contributed by atoms with Gasteiger partial charge < -0.3 is 9.84 Å². The molecule has 0 amide bonds. The lowest BCUT2D eigenvalue weighted by molar-refractivity contribution is -0.145. The number of carbonyl (C=O) groups is 1. The summed E-state index contributed by atoms with van der Waals surface area (Å²) in [4.78, 5) is 10.4. The molecule has 0 bridgehead atoms. The highest BCUT2D eigenvalue weighted by Crippen LogP contribution is 2.16. The Hall–Kier alpha value is -1.29. The second-order valence-electron chi connectivity index (χ2n) is 2.55. The van der Waals surface area contributed by atoms with Crippen molar-refractivity contribution in [2.24, 2.45) is 0 Å². The lowest BCUT2D eigenvalue weighted by Crippen LogP contribution is -2.28. The van der Waals surface area contributed by atoms with Gasteiger partial charge >= 0.3 is 5.97 Å². The molecule has 1 rings (SSSR count). The van der Waals surface area contributed by atoms with Crippen LogP contribution in [-0.2, 0) is 4.79 Å². The lowest BCUT2D eigenvalue weighted by Gasteiger charge is -2.11. The summed E-state index contributed by atoms with van der Waals surface area (Å²) < 4.78 is 17.0. The fourth-order valence-corrected chi connectivity index (χ4v) is 0.951. The van der Waals surface area contributed by atoms with Crippen LogP contribution in [0.1, 0.15) is 0 Å². The molecule has 0 spiro atoms. The average molecular weight is 219 g/mol. The fraction of sp³-hybridized carbons (Fsp3) is 0.222. The number of carboxylic acid groups (broad SMARTS) is 1. The number of benzene rings is 1. The minimum absolute atomic E-state index is 0.277. The van der Waals surface area contributed by atoms with Gasteiger partial charge in [-0.05, 0) is 24.3 Å². The molecule has 1 aromatic carbocycles. The molecule has 0 aliphatic heterocycles. The Morgan fingerprint density at radius 3 is 2.50 bits per heavy atom. The summed E-state index contributed by atoms with van der Waals surface area (Å²) in [6.45, 7) is -1.07. The van der Waals surface area contributed by atoms with Crippen LogP contribution in [0.5, 0.6) is 5.75 Å². The molecule has 76 valence electrons. The second-order valence-corrected chi connectivity index (χ2v) is 2.99. The van der Waals surface area contributed by atoms with Gasteiger partial charge in [-0.1, -0.05) is 11.6 Å². The lowest BCUT2D eigenvalue weighted by atomic mass is 10.3. The van der Waals surface area contributed by atoms with E-state index in [0.29, 0.717) is 5.02 Å². The van der Waals surface area contributed by atoms with Crippen molar-refractivity contribution in [3.8, 4) is 5.75 Å². The van der Waals surface area contributed by atoms with Gasteiger partial charge in [0.2, 0.25) is 6.10 Å². The number of aliphatic carboxylic acids is 1. The van der Waals surface area contributed by atoms with Crippen molar-refractivity contribution < 1.29 is 19.0 Å². The maximum Gasteiger partial charge on any atom is 0.347 e. The molecule has 0 aliphatic rings. The van der Waals surface area contributed by atoms with E-state index in [4.69, 9.17) is 21.4 Å². The number of rotatable bonds is 4. The van der Waals surface area contributed by atoms with Gasteiger partial charge in [0.05, 0.1) is 0 Å². The number of halogens is 2. The Balaban J connectivity index is 2.67. The summed E-state index contributed by atoms with van der Waals surface area (Å²) in [5.41, 5.74) is 0. The van der Waals surface area contributed by atoms with Gasteiger partial charge in [0.15, 0.2) is 0 Å². The maximum absolute atomic E-state index is 12.1. The fourth-order valence-electron chi connectivity index (χ4n) is 0.825. The normalized spacial score (nSPS) is 12.1. The summed E-state index contributed by atoms with van der Waals surface area (Å²) in [5, 5.41) is 9.00. The van der Waals surface area contributed by atoms with E-state index in [2.05, 4.69) is 0 Å². The third-order valence-electron chi connectivity index (χ3n) is 1.51. The Labute approximate surface area is 85.1 Å². The van der Waals surface area contributed by atoms with Gasteiger partial charge in [-0.3, -0.25) is 0 Å². The molecule has 0 saturated carbocycles. The Bertz CT molecular complexity index is 312. The van der Waals surface area contributed by atoms with E-state index < -0.39 is 18.7 Å². The standard InChI is InChI=1S/C9H8ClFO3/c10-6-1-3-7(4-2-6)14-8(5-11)9(12)13/h1-4,8H,5H2,(H,12,13)/t8-/m0/s1. The molecule has 0 unspecified atom stereocenters. The predicted octanol–water partition coefficient (Wildman–Crippen LogP) is 2.14. The molecule has 1 N–H and O–H groups in total. The molecule has 0 aliphatic carbocycles. The zero-order valence-corrected chi connectivity index (χ0v) is 7.87. The third kappa shape index (κ3) is 2.88. The van der Waals surface area contributed by atoms with Gasteiger partial charge in [-0.15, -0.1) is 0 Å². The quantitative estimate of drug-likeness (QED) is 0.842. The first-order valence-corrected chi connectivity index (χ1v) is 4.22. The highest BCUT2D eigenvalue weighted by molar-refractivity contribution is 6.30. The molecule has 0 aromatic heterocycles. The summed E-state index contributed by atoms with van der Waals surface area (Å²) in [6.07, 6.45) is -1.46. The van der Waals surface area contributed by atoms with Crippen LogP contribution in [0.4, 0.5) is 4.39 Å². The highest BCUT2D eigenvalue weighted by atomic mass is 35.5. The Morgan fingerprint density at radius 1 is 1.50 bits per heavy atom. The SMILES string of the molecule is O=C(O)[C@H](CF)Oc1ccc(Cl)cc1. The minimum Gasteiger partial charge on any atom is -0.478 e. The molecular weight excluding hydrogens is 211 g/mol. The van der Waals surface area contributed by atoms with Crippen molar-refractivity contribution in [1.29, 1.82) is 0 Å². The van der Waals surface area contributed by atoms with Crippen molar-refractivity contribution in [3.05, 3.63) is 29.3 Å². The van der Waals surface area contributed by atoms with E-state index >= 15 is 0 Å². The van der Waals surface area contributed by atoms with E-state index in [1.54, 1.807) is 0 Å². The topological polar surface area (TPSA) is 46.5 Å². The zero-order chi connectivity index (χ0) is 10.6. The van der Waals surface area contributed by atoms with E-state index in [1.807, 2.05) is 0 Å². The maximum atomic E-state index is 12.1. The molecule has 0 fully saturated rings. The van der Waals surface area contributed by atoms with Crippen LogP contribution in [-0.4, -0.2) is 23.9 Å². The molecule has 0 radical (unpaired) electrons. The summed E-state index contributed by atoms with van der Waals surface area (Å²) in [6, 6.07) is 6.03. The van der Waals surface area contributed by atoms with Crippen molar-refractivity contribution >= 4 is 17.6 Å². The van der Waals surface area contributed by atoms with Gasteiger partial charge in [-0.2, -0.15) is 0 Å². The largest absolute Gasteiger partial charge is 0.478 e. The molecular formula is C9H8ClFO3. The first kappa shape index (κ1) is 10.8. The molecule has 5 heteroatoms. The van der Waals surface area contributed by atoms with Crippen molar-refractivity contribution in [2.75, 3.05) is 6.67 Å². The van der Waals surface area contributed by atoms with Crippen LogP contribution in [0.25, 0.3) is 0 Å². The molecule has 14 heavy (non-hydrogen) atoms. The van der Waals surface area contributed by atoms with Gasteiger partial charge in [0.1, 0.15) is 12.4 Å². The first-order valence-electron chi connectivity index (χ1n) is 3.84. The van der Waals surface area contributed by atoms with Crippen LogP contribution in [0.3, 0.4) is 0 Å². The van der Waals surface area contributed by atoms with E-state index in [-0.39, 0.29) is 5.75 Å². The summed E-state index contributed by atoms with van der Waals surface area (Å²) >= 11 is 5.60. The average Bonchev–Trinajstić information content (AvgIpc) is 2.16. The molecule has 1 atom stereocenters. The number of carboxylic acids is 1. The van der Waals surface area contributed by atoms with E-state index in [9.17, 15) is 9.18 Å². The number of ether oxygens (including phenoxy) is 1. The van der Waals surface area contributed by atoms with Gasteiger partial charge in [0.25, 0.3) is 0 Å². The van der Waals surface area contributed by atoms with Gasteiger partial charge in [0, 0.05) is 5.02 Å². The van der Waals surface area contributed by atoms with Crippen LogP contribution in [0, 0.1) is 0 Å². The second kappa shape index (κ2) is 4.81. The predicted molar refractivity (Wildman–Crippen MR) is 49.5 cm³/mol. The number of alkyl halides is 1. The monoisotopic (exact) mass is 218 g/mol. The van der Waals surface area contributed by atoms with Crippen molar-refractivity contribution in [1.82, 2.24) is 0 Å². The van der Waals surface area contributed by atoms with E-state index in [0.717, 1.165) is 0 Å². The van der Waals surface area contributed by atoms with Crippen LogP contribution >= 0.6 is 11.6 Å². The van der Waals surface area contributed by atoms with Crippen molar-refractivity contribution in [3.63, 3.8) is 0 Å². The first-order chi connectivity index (χ1) is 6.63. The van der Waals surface area contributed by atoms with Crippen LogP contribution in [0.15, 0.2) is 24.3 Å². The van der Waals surface area contributed by atoms with E-state index in [1.165, 1.54) is 24.3 Å². The molecule has 3 nitrogen and oxygen atoms in total. The van der Waals surface area contributed by atoms with Crippen LogP contribution in [0.2, 0.25) is 5.02 Å². The zero-order valence-electron chi connectivity index (χ0n) is 7.11. The number of hydrogen-bond acceptors (Lipinski definition) is 2. The van der Waals surface area contributed by atoms with Crippen LogP contribution < -0.4 is 4.74 Å². The Kier molecular flexibility index (Phi) is 3.71. The molecule has 1 aromatic rings. The highest BCUT2D eigenvalue weighted by Gasteiger charge is 2.18. The molecule has 0 heterocycles. The Morgan fingerprint density at radius 2 is 2.07 bits per heavy atom. The summed E-state index contributed by atoms with van der Waals surface area (Å²) in [5.74, 6) is -1.05. The smallest absolute Gasteiger partial charge is 0.347 e. The summed E-state index contributed by atoms with van der Waals surface area (Å²) in [7, 11) is 0. The van der Waals surface area contributed by atoms with Gasteiger partial charge in [-0.25, -0.2) is 9.18 Å². The molecule has 0 saturated heterocycles. The van der Waals surface area contributed by atoms with Crippen molar-refractivity contribution in [2.45, 2.75) is 6.10 Å².